The number of benzene rings is 3. The molecule has 1 amide bonds. The van der Waals surface area contributed by atoms with Crippen molar-refractivity contribution < 1.29 is 17.9 Å². The minimum atomic E-state index is -3.47. The van der Waals surface area contributed by atoms with Crippen molar-refractivity contribution >= 4 is 27.3 Å². The van der Waals surface area contributed by atoms with Crippen LogP contribution < -0.4 is 14.4 Å². The molecule has 0 spiro atoms. The molecule has 0 aliphatic carbocycles. The largest absolute Gasteiger partial charge is 0.455 e. The van der Waals surface area contributed by atoms with E-state index in [0.717, 1.165) is 11.1 Å². The van der Waals surface area contributed by atoms with Gasteiger partial charge >= 0.3 is 0 Å². The van der Waals surface area contributed by atoms with Crippen LogP contribution in [0.25, 0.3) is 0 Å². The normalized spacial score (nSPS) is 11.1. The number of ether oxygens (including phenoxy) is 1. The number of sulfonamides is 1. The van der Waals surface area contributed by atoms with E-state index in [1.54, 1.807) is 12.1 Å². The number of anilines is 2. The van der Waals surface area contributed by atoms with Crippen molar-refractivity contribution in [2.75, 3.05) is 22.4 Å². The maximum atomic E-state index is 12.6. The molecular formula is C25H28N2O4S. The molecule has 0 atom stereocenters. The molecule has 7 heteroatoms. The highest BCUT2D eigenvalue weighted by Gasteiger charge is 2.19. The quantitative estimate of drug-likeness (QED) is 0.479. The highest BCUT2D eigenvalue weighted by atomic mass is 32.2. The first kappa shape index (κ1) is 23.3. The molecule has 168 valence electrons. The molecule has 0 unspecified atom stereocenters. The van der Waals surface area contributed by atoms with Gasteiger partial charge in [-0.1, -0.05) is 42.5 Å². The highest BCUT2D eigenvalue weighted by molar-refractivity contribution is 7.92. The molecule has 3 rings (SSSR count). The van der Waals surface area contributed by atoms with Gasteiger partial charge in [-0.25, -0.2) is 8.42 Å². The second kappa shape index (κ2) is 10.3. The molecule has 0 bridgehead atoms. The van der Waals surface area contributed by atoms with E-state index in [2.05, 4.69) is 5.32 Å². The van der Waals surface area contributed by atoms with Gasteiger partial charge in [-0.2, -0.15) is 0 Å². The molecule has 0 saturated carbocycles. The molecular weight excluding hydrogens is 424 g/mol. The van der Waals surface area contributed by atoms with Crippen molar-refractivity contribution in [3.05, 3.63) is 83.9 Å². The third-order valence-electron chi connectivity index (χ3n) is 4.93. The second-order valence-electron chi connectivity index (χ2n) is 7.69. The molecule has 1 N–H and O–H groups in total. The molecule has 6 nitrogen and oxygen atoms in total. The number of para-hydroxylation sites is 3. The fourth-order valence-electron chi connectivity index (χ4n) is 3.32. The number of hydrogen-bond acceptors (Lipinski definition) is 4. The van der Waals surface area contributed by atoms with Crippen LogP contribution >= 0.6 is 0 Å². The van der Waals surface area contributed by atoms with Gasteiger partial charge in [-0.3, -0.25) is 9.10 Å². The van der Waals surface area contributed by atoms with Crippen molar-refractivity contribution in [2.45, 2.75) is 26.7 Å². The summed E-state index contributed by atoms with van der Waals surface area (Å²) >= 11 is 0. The van der Waals surface area contributed by atoms with Crippen molar-refractivity contribution in [3.63, 3.8) is 0 Å². The molecule has 0 aliphatic rings. The van der Waals surface area contributed by atoms with Crippen LogP contribution in [0.15, 0.2) is 72.8 Å². The van der Waals surface area contributed by atoms with E-state index >= 15 is 0 Å². The van der Waals surface area contributed by atoms with Gasteiger partial charge in [0, 0.05) is 13.0 Å². The molecule has 0 aliphatic heterocycles. The van der Waals surface area contributed by atoms with E-state index in [4.69, 9.17) is 4.74 Å². The summed E-state index contributed by atoms with van der Waals surface area (Å²) in [7, 11) is -3.47. The minimum Gasteiger partial charge on any atom is -0.455 e. The zero-order valence-corrected chi connectivity index (χ0v) is 19.4. The zero-order chi connectivity index (χ0) is 23.1. The Labute approximate surface area is 189 Å². The van der Waals surface area contributed by atoms with E-state index in [-0.39, 0.29) is 18.9 Å². The number of nitrogens with zero attached hydrogens (tertiary/aromatic N) is 1. The molecule has 3 aromatic rings. The fourth-order valence-corrected chi connectivity index (χ4v) is 4.34. The first-order valence-electron chi connectivity index (χ1n) is 10.4. The van der Waals surface area contributed by atoms with Gasteiger partial charge in [0.25, 0.3) is 0 Å². The van der Waals surface area contributed by atoms with Gasteiger partial charge in [-0.05, 0) is 61.7 Å². The first-order chi connectivity index (χ1) is 15.2. The SMILES string of the molecule is Cc1ccc(C)c(N(CCCC(=O)Nc2ccccc2Oc2ccccc2)S(C)(=O)=O)c1. The summed E-state index contributed by atoms with van der Waals surface area (Å²) in [6, 6.07) is 22.2. The molecule has 32 heavy (non-hydrogen) atoms. The van der Waals surface area contributed by atoms with Crippen molar-refractivity contribution in [3.8, 4) is 11.5 Å². The number of hydrogen-bond donors (Lipinski definition) is 1. The molecule has 0 heterocycles. The number of amides is 1. The van der Waals surface area contributed by atoms with Crippen LogP contribution in [0.3, 0.4) is 0 Å². The number of nitrogens with one attached hydrogen (secondary N) is 1. The third kappa shape index (κ3) is 6.34. The van der Waals surface area contributed by atoms with E-state index < -0.39 is 10.0 Å². The average molecular weight is 453 g/mol. The van der Waals surface area contributed by atoms with Gasteiger partial charge in [0.15, 0.2) is 5.75 Å². The van der Waals surface area contributed by atoms with E-state index in [9.17, 15) is 13.2 Å². The smallest absolute Gasteiger partial charge is 0.232 e. The Kier molecular flexibility index (Phi) is 7.53. The van der Waals surface area contributed by atoms with Crippen LogP contribution in [0.1, 0.15) is 24.0 Å². The summed E-state index contributed by atoms with van der Waals surface area (Å²) < 4.78 is 32.0. The van der Waals surface area contributed by atoms with E-state index in [1.165, 1.54) is 10.6 Å². The zero-order valence-electron chi connectivity index (χ0n) is 18.5. The molecule has 0 saturated heterocycles. The van der Waals surface area contributed by atoms with Crippen LogP contribution in [0, 0.1) is 13.8 Å². The molecule has 3 aromatic carbocycles. The Balaban J connectivity index is 1.64. The third-order valence-corrected chi connectivity index (χ3v) is 6.11. The van der Waals surface area contributed by atoms with E-state index in [1.807, 2.05) is 74.5 Å². The number of carbonyl (C=O) groups is 1. The number of aryl methyl sites for hydroxylation is 2. The van der Waals surface area contributed by atoms with Gasteiger partial charge in [0.2, 0.25) is 15.9 Å². The monoisotopic (exact) mass is 452 g/mol. The van der Waals surface area contributed by atoms with Crippen LogP contribution in [-0.4, -0.2) is 27.1 Å². The Morgan fingerprint density at radius 2 is 1.66 bits per heavy atom. The Morgan fingerprint density at radius 1 is 0.969 bits per heavy atom. The summed E-state index contributed by atoms with van der Waals surface area (Å²) in [6.07, 6.45) is 1.75. The average Bonchev–Trinajstić information content (AvgIpc) is 2.74. The highest BCUT2D eigenvalue weighted by Crippen LogP contribution is 2.29. The van der Waals surface area contributed by atoms with Crippen molar-refractivity contribution in [1.29, 1.82) is 0 Å². The molecule has 0 aromatic heterocycles. The minimum absolute atomic E-state index is 0.177. The Bertz CT molecular complexity index is 1180. The standard InChI is InChI=1S/C25H28N2O4S/c1-19-15-16-20(2)23(18-19)27(32(3,29)30)17-9-14-25(28)26-22-12-7-8-13-24(22)31-21-10-5-4-6-11-21/h4-8,10-13,15-16,18H,9,14,17H2,1-3H3,(H,26,28). The van der Waals surface area contributed by atoms with Crippen LogP contribution in [0.5, 0.6) is 11.5 Å². The summed E-state index contributed by atoms with van der Waals surface area (Å²) in [6.45, 7) is 4.02. The summed E-state index contributed by atoms with van der Waals surface area (Å²) in [4.78, 5) is 12.6. The second-order valence-corrected chi connectivity index (χ2v) is 9.59. The van der Waals surface area contributed by atoms with Gasteiger partial charge in [0.1, 0.15) is 5.75 Å². The molecule has 0 fully saturated rings. The van der Waals surface area contributed by atoms with Gasteiger partial charge in [-0.15, -0.1) is 0 Å². The van der Waals surface area contributed by atoms with Crippen molar-refractivity contribution in [1.82, 2.24) is 0 Å². The lowest BCUT2D eigenvalue weighted by molar-refractivity contribution is -0.116. The maximum absolute atomic E-state index is 12.6. The summed E-state index contributed by atoms with van der Waals surface area (Å²) in [5, 5.41) is 2.87. The van der Waals surface area contributed by atoms with E-state index in [0.29, 0.717) is 29.3 Å². The summed E-state index contributed by atoms with van der Waals surface area (Å²) in [5.41, 5.74) is 3.06. The Morgan fingerprint density at radius 3 is 2.38 bits per heavy atom. The fraction of sp³-hybridized carbons (Fsp3) is 0.240. The van der Waals surface area contributed by atoms with Gasteiger partial charge in [0.05, 0.1) is 17.6 Å². The predicted molar refractivity (Wildman–Crippen MR) is 129 cm³/mol. The lowest BCUT2D eigenvalue weighted by atomic mass is 10.1. The summed E-state index contributed by atoms with van der Waals surface area (Å²) in [5.74, 6) is 1.01. The lowest BCUT2D eigenvalue weighted by Crippen LogP contribution is -2.32. The number of carbonyl (C=O) groups excluding carboxylic acids is 1. The molecule has 0 radical (unpaired) electrons. The van der Waals surface area contributed by atoms with Crippen LogP contribution in [0.2, 0.25) is 0 Å². The topological polar surface area (TPSA) is 75.7 Å². The number of rotatable bonds is 9. The van der Waals surface area contributed by atoms with Crippen LogP contribution in [0.4, 0.5) is 11.4 Å². The maximum Gasteiger partial charge on any atom is 0.232 e. The lowest BCUT2D eigenvalue weighted by Gasteiger charge is -2.24. The predicted octanol–water partition coefficient (Wildman–Crippen LogP) is 5.28. The Hall–Kier alpha value is -3.32. The van der Waals surface area contributed by atoms with Gasteiger partial charge < -0.3 is 10.1 Å². The first-order valence-corrected chi connectivity index (χ1v) is 12.3. The van der Waals surface area contributed by atoms with Crippen LogP contribution in [-0.2, 0) is 14.8 Å². The van der Waals surface area contributed by atoms with Crippen molar-refractivity contribution in [2.24, 2.45) is 0 Å².